The van der Waals surface area contributed by atoms with E-state index in [0.29, 0.717) is 49.6 Å². The molecule has 0 saturated carbocycles. The maximum atomic E-state index is 15.4. The van der Waals surface area contributed by atoms with Gasteiger partial charge in [-0.2, -0.15) is 0 Å². The van der Waals surface area contributed by atoms with Crippen molar-refractivity contribution < 1.29 is 23.1 Å². The molecule has 3 heterocycles. The van der Waals surface area contributed by atoms with Gasteiger partial charge in [0.25, 0.3) is 0 Å². The second kappa shape index (κ2) is 9.87. The van der Waals surface area contributed by atoms with Gasteiger partial charge in [-0.25, -0.2) is 18.0 Å². The van der Waals surface area contributed by atoms with Gasteiger partial charge in [0.05, 0.1) is 11.2 Å². The molecule has 10 heteroatoms. The van der Waals surface area contributed by atoms with Crippen molar-refractivity contribution in [1.82, 2.24) is 14.5 Å². The number of aryl methyl sites for hydroxylation is 1. The number of aromatic carboxylic acids is 1. The third-order valence-corrected chi connectivity index (χ3v) is 7.63. The van der Waals surface area contributed by atoms with E-state index in [1.165, 1.54) is 47.2 Å². The predicted molar refractivity (Wildman–Crippen MR) is 147 cm³/mol. The molecule has 1 fully saturated rings. The number of nitrogens with one attached hydrogen (secondary N) is 1. The molecule has 5 aromatic rings. The number of hydrogen-bond donors (Lipinski definition) is 2. The van der Waals surface area contributed by atoms with E-state index < -0.39 is 28.6 Å². The van der Waals surface area contributed by atoms with Gasteiger partial charge in [0, 0.05) is 66.6 Å². The first-order valence-electron chi connectivity index (χ1n) is 12.8. The first-order valence-corrected chi connectivity index (χ1v) is 12.8. The zero-order valence-electron chi connectivity index (χ0n) is 21.5. The van der Waals surface area contributed by atoms with Crippen LogP contribution in [-0.2, 0) is 6.54 Å². The summed E-state index contributed by atoms with van der Waals surface area (Å²) in [6.45, 7) is 4.92. The van der Waals surface area contributed by atoms with Gasteiger partial charge in [-0.3, -0.25) is 9.69 Å². The van der Waals surface area contributed by atoms with Crippen molar-refractivity contribution in [3.8, 4) is 5.69 Å². The predicted octanol–water partition coefficient (Wildman–Crippen LogP) is 5.22. The van der Waals surface area contributed by atoms with E-state index in [2.05, 4.69) is 9.88 Å². The lowest BCUT2D eigenvalue weighted by molar-refractivity contribution is 0.0695. The number of fused-ring (bicyclic) bond motifs is 2. The average molecular weight is 547 g/mol. The zero-order valence-corrected chi connectivity index (χ0v) is 21.5. The van der Waals surface area contributed by atoms with Crippen molar-refractivity contribution in [1.29, 1.82) is 0 Å². The van der Waals surface area contributed by atoms with Crippen LogP contribution in [0.25, 0.3) is 27.5 Å². The van der Waals surface area contributed by atoms with Gasteiger partial charge in [0.15, 0.2) is 0 Å². The van der Waals surface area contributed by atoms with E-state index in [1.54, 1.807) is 12.1 Å². The lowest BCUT2D eigenvalue weighted by Crippen LogP contribution is -2.46. The topological polar surface area (TPSA) is 81.6 Å². The van der Waals surface area contributed by atoms with Crippen molar-refractivity contribution in [2.45, 2.75) is 13.5 Å². The van der Waals surface area contributed by atoms with Crippen molar-refractivity contribution in [2.24, 2.45) is 0 Å². The Kier molecular flexibility index (Phi) is 6.34. The van der Waals surface area contributed by atoms with Crippen molar-refractivity contribution in [3.05, 3.63) is 105 Å². The van der Waals surface area contributed by atoms with Crippen molar-refractivity contribution in [2.75, 3.05) is 31.1 Å². The Labute approximate surface area is 226 Å². The number of aromatic nitrogens is 2. The van der Waals surface area contributed by atoms with E-state index in [9.17, 15) is 23.5 Å². The van der Waals surface area contributed by atoms with Gasteiger partial charge >= 0.3 is 5.97 Å². The van der Waals surface area contributed by atoms with Crippen LogP contribution in [0.5, 0.6) is 0 Å². The van der Waals surface area contributed by atoms with Crippen LogP contribution < -0.4 is 10.3 Å². The number of pyridine rings is 1. The summed E-state index contributed by atoms with van der Waals surface area (Å²) in [5.41, 5.74) is 2.64. The Morgan fingerprint density at radius 1 is 0.925 bits per heavy atom. The highest BCUT2D eigenvalue weighted by atomic mass is 19.1. The summed E-state index contributed by atoms with van der Waals surface area (Å²) in [6.07, 6.45) is 1.19. The van der Waals surface area contributed by atoms with E-state index in [1.807, 2.05) is 11.8 Å². The summed E-state index contributed by atoms with van der Waals surface area (Å²) in [6, 6.07) is 12.7. The third-order valence-electron chi connectivity index (χ3n) is 7.63. The van der Waals surface area contributed by atoms with Crippen LogP contribution in [0.2, 0.25) is 0 Å². The number of benzene rings is 3. The first-order chi connectivity index (χ1) is 19.2. The average Bonchev–Trinajstić information content (AvgIpc) is 3.24. The van der Waals surface area contributed by atoms with Gasteiger partial charge in [0.2, 0.25) is 5.43 Å². The highest BCUT2D eigenvalue weighted by Crippen LogP contribution is 2.29. The number of hydrogen-bond acceptors (Lipinski definition) is 4. The molecule has 204 valence electrons. The molecule has 1 aliphatic heterocycles. The minimum absolute atomic E-state index is 0.0742. The third kappa shape index (κ3) is 4.50. The Morgan fingerprint density at radius 2 is 1.62 bits per heavy atom. The fraction of sp³-hybridized carbons (Fsp3) is 0.200. The number of carbonyl (C=O) groups is 1. The van der Waals surface area contributed by atoms with Crippen LogP contribution in [0.4, 0.5) is 18.9 Å². The Hall–Kier alpha value is -4.57. The molecule has 0 amide bonds. The second-order valence-corrected chi connectivity index (χ2v) is 10.0. The number of H-pyrrole nitrogens is 1. The van der Waals surface area contributed by atoms with Crippen LogP contribution in [0, 0.1) is 24.4 Å². The van der Waals surface area contributed by atoms with Gasteiger partial charge in [-0.15, -0.1) is 0 Å². The maximum Gasteiger partial charge on any atom is 0.341 e. The monoisotopic (exact) mass is 546 g/mol. The molecule has 0 unspecified atom stereocenters. The summed E-state index contributed by atoms with van der Waals surface area (Å²) in [7, 11) is 0. The molecule has 2 aromatic heterocycles. The second-order valence-electron chi connectivity index (χ2n) is 10.0. The summed E-state index contributed by atoms with van der Waals surface area (Å²) < 4.78 is 44.2. The van der Waals surface area contributed by atoms with Gasteiger partial charge in [0.1, 0.15) is 23.0 Å². The SMILES string of the molecule is Cc1c(CN2CCN(c3cc4c(cc3F)c(=O)c(C(=O)O)cn4-c3ccc(F)cc3)CC2)[nH]c2ccc(F)cc12. The number of anilines is 1. The van der Waals surface area contributed by atoms with E-state index >= 15 is 4.39 Å². The van der Waals surface area contributed by atoms with Crippen molar-refractivity contribution >= 4 is 33.5 Å². The van der Waals surface area contributed by atoms with Crippen LogP contribution >= 0.6 is 0 Å². The minimum atomic E-state index is -1.43. The van der Waals surface area contributed by atoms with E-state index in [-0.39, 0.29) is 11.2 Å². The largest absolute Gasteiger partial charge is 0.477 e. The van der Waals surface area contributed by atoms with Crippen LogP contribution in [0.15, 0.2) is 65.6 Å². The molecule has 0 aliphatic carbocycles. The number of nitrogens with zero attached hydrogens (tertiary/aromatic N) is 3. The van der Waals surface area contributed by atoms with E-state index in [0.717, 1.165) is 28.2 Å². The molecular formula is C30H25F3N4O3. The Morgan fingerprint density at radius 3 is 2.33 bits per heavy atom. The number of rotatable bonds is 5. The van der Waals surface area contributed by atoms with E-state index in [4.69, 9.17) is 0 Å². The van der Waals surface area contributed by atoms with Crippen LogP contribution in [-0.4, -0.2) is 51.7 Å². The fourth-order valence-electron chi connectivity index (χ4n) is 5.43. The Balaban J connectivity index is 1.30. The number of carboxylic acid groups (broad SMARTS) is 1. The molecule has 3 aromatic carbocycles. The summed E-state index contributed by atoms with van der Waals surface area (Å²) in [4.78, 5) is 32.2. The first kappa shape index (κ1) is 25.7. The molecule has 1 saturated heterocycles. The van der Waals surface area contributed by atoms with Crippen molar-refractivity contribution in [3.63, 3.8) is 0 Å². The number of aromatic amines is 1. The summed E-state index contributed by atoms with van der Waals surface area (Å²) in [5, 5.41) is 10.3. The van der Waals surface area contributed by atoms with Gasteiger partial charge in [-0.1, -0.05) is 0 Å². The normalized spacial score (nSPS) is 14.3. The highest BCUT2D eigenvalue weighted by Gasteiger charge is 2.24. The summed E-state index contributed by atoms with van der Waals surface area (Å²) in [5.74, 6) is -2.80. The molecule has 1 aliphatic rings. The fourth-order valence-corrected chi connectivity index (χ4v) is 5.43. The lowest BCUT2D eigenvalue weighted by atomic mass is 10.1. The molecule has 0 bridgehead atoms. The molecule has 0 atom stereocenters. The molecule has 40 heavy (non-hydrogen) atoms. The number of halogens is 3. The van der Waals surface area contributed by atoms with Gasteiger partial charge < -0.3 is 19.6 Å². The molecule has 2 N–H and O–H groups in total. The molecule has 6 rings (SSSR count). The number of carboxylic acids is 1. The lowest BCUT2D eigenvalue weighted by Gasteiger charge is -2.36. The quantitative estimate of drug-likeness (QED) is 0.316. The molecule has 0 spiro atoms. The van der Waals surface area contributed by atoms with Gasteiger partial charge in [-0.05, 0) is 67.1 Å². The minimum Gasteiger partial charge on any atom is -0.477 e. The molecule has 0 radical (unpaired) electrons. The summed E-state index contributed by atoms with van der Waals surface area (Å²) >= 11 is 0. The smallest absolute Gasteiger partial charge is 0.341 e. The Bertz CT molecular complexity index is 1840. The zero-order chi connectivity index (χ0) is 28.1. The molecule has 7 nitrogen and oxygen atoms in total. The van der Waals surface area contributed by atoms with Crippen LogP contribution in [0.1, 0.15) is 21.6 Å². The maximum absolute atomic E-state index is 15.4. The number of piperazine rings is 1. The highest BCUT2D eigenvalue weighted by molar-refractivity contribution is 5.94. The standard InChI is InChI=1S/C30H25F3N4O3/c1-17-21-12-19(32)4-7-25(21)34-26(17)16-35-8-10-36(11-9-35)28-14-27-22(13-24(28)33)29(38)23(30(39)40)15-37(27)20-5-2-18(31)3-6-20/h2-7,12-15,34H,8-11,16H2,1H3,(H,39,40). The molecular weight excluding hydrogens is 521 g/mol. The van der Waals surface area contributed by atoms with Crippen LogP contribution in [0.3, 0.4) is 0 Å².